The smallest absolute Gasteiger partial charge is 0.0175 e. The maximum atomic E-state index is 2.27. The van der Waals surface area contributed by atoms with E-state index in [1.165, 1.54) is 33.4 Å². The van der Waals surface area contributed by atoms with E-state index in [2.05, 4.69) is 86.6 Å². The van der Waals surface area contributed by atoms with Gasteiger partial charge in [-0.1, -0.05) is 87.1 Å². The second-order valence-corrected chi connectivity index (χ2v) is 5.32. The van der Waals surface area contributed by atoms with Crippen molar-refractivity contribution < 1.29 is 0 Å². The lowest BCUT2D eigenvalue weighted by Crippen LogP contribution is -1.84. The second-order valence-electron chi connectivity index (χ2n) is 5.32. The summed E-state index contributed by atoms with van der Waals surface area (Å²) in [6.45, 7) is 4.28. The van der Waals surface area contributed by atoms with Crippen LogP contribution in [0.1, 0.15) is 26.0 Å². The van der Waals surface area contributed by atoms with E-state index in [1.54, 1.807) is 0 Å². The Morgan fingerprint density at radius 2 is 0.955 bits per heavy atom. The van der Waals surface area contributed by atoms with Crippen LogP contribution in [0.4, 0.5) is 0 Å². The highest BCUT2D eigenvalue weighted by atomic mass is 14.1. The van der Waals surface area contributed by atoms with Crippen LogP contribution >= 0.6 is 0 Å². The van der Waals surface area contributed by atoms with E-state index in [-0.39, 0.29) is 14.9 Å². The third-order valence-corrected chi connectivity index (χ3v) is 3.57. The number of aryl methyl sites for hydroxylation is 2. The van der Waals surface area contributed by atoms with E-state index in [9.17, 15) is 0 Å². The highest BCUT2D eigenvalue weighted by Crippen LogP contribution is 2.28. The minimum atomic E-state index is 0. The van der Waals surface area contributed by atoms with Gasteiger partial charge in [-0.3, -0.25) is 0 Å². The van der Waals surface area contributed by atoms with Crippen molar-refractivity contribution in [2.45, 2.75) is 28.7 Å². The van der Waals surface area contributed by atoms with E-state index >= 15 is 0 Å². The molecule has 0 atom stereocenters. The summed E-state index contributed by atoms with van der Waals surface area (Å²) in [6, 6.07) is 26.0. The van der Waals surface area contributed by atoms with Gasteiger partial charge in [-0.25, -0.2) is 0 Å². The molecule has 0 radical (unpaired) electrons. The fourth-order valence-electron chi connectivity index (χ4n) is 2.49. The van der Waals surface area contributed by atoms with Gasteiger partial charge in [0.15, 0.2) is 0 Å². The Balaban J connectivity index is 0.00000121. The van der Waals surface area contributed by atoms with Crippen molar-refractivity contribution in [1.29, 1.82) is 0 Å². The van der Waals surface area contributed by atoms with Crippen LogP contribution in [-0.4, -0.2) is 0 Å². The summed E-state index contributed by atoms with van der Waals surface area (Å²) in [6.07, 6.45) is 0. The third-order valence-electron chi connectivity index (χ3n) is 3.57. The van der Waals surface area contributed by atoms with Crippen molar-refractivity contribution in [3.63, 3.8) is 0 Å². The fourth-order valence-corrected chi connectivity index (χ4v) is 2.49. The van der Waals surface area contributed by atoms with Crippen molar-refractivity contribution >= 4 is 0 Å². The van der Waals surface area contributed by atoms with Crippen LogP contribution in [0.5, 0.6) is 0 Å². The third kappa shape index (κ3) is 3.85. The highest BCUT2D eigenvalue weighted by molar-refractivity contribution is 5.74. The van der Waals surface area contributed by atoms with Crippen LogP contribution in [0.2, 0.25) is 0 Å². The van der Waals surface area contributed by atoms with Crippen molar-refractivity contribution in [3.8, 4) is 22.3 Å². The predicted octanol–water partition coefficient (Wildman–Crippen LogP) is 6.91. The molecule has 0 fully saturated rings. The van der Waals surface area contributed by atoms with Crippen molar-refractivity contribution in [2.24, 2.45) is 0 Å². The van der Waals surface area contributed by atoms with Gasteiger partial charge in [0.05, 0.1) is 0 Å². The van der Waals surface area contributed by atoms with Crippen LogP contribution in [-0.2, 0) is 0 Å². The molecule has 0 heteroatoms. The Bertz CT molecular complexity index is 707. The van der Waals surface area contributed by atoms with E-state index in [0.717, 1.165) is 0 Å². The molecule has 0 aromatic heterocycles. The first kappa shape index (κ1) is 17.7. The molecule has 0 aliphatic heterocycles. The molecule has 114 valence electrons. The van der Waals surface area contributed by atoms with E-state index in [1.807, 2.05) is 0 Å². The molecule has 0 unspecified atom stereocenters. The lowest BCUT2D eigenvalue weighted by molar-refractivity contribution is 1.44. The zero-order valence-electron chi connectivity index (χ0n) is 11.9. The standard InChI is InChI=1S/C20H18.2CH4/c1-15-8-10-18(11-9-15)20-13-16(2)12-19(14-20)17-6-4-3-5-7-17;;/h3-14H,1-2H3;2*1H4. The van der Waals surface area contributed by atoms with Gasteiger partial charge >= 0.3 is 0 Å². The minimum absolute atomic E-state index is 0. The average molecular weight is 290 g/mol. The summed E-state index contributed by atoms with van der Waals surface area (Å²) < 4.78 is 0. The summed E-state index contributed by atoms with van der Waals surface area (Å²) in [4.78, 5) is 0. The van der Waals surface area contributed by atoms with Crippen molar-refractivity contribution in [3.05, 3.63) is 83.9 Å². The molecule has 0 bridgehead atoms. The molecule has 3 aromatic carbocycles. The largest absolute Gasteiger partial charge is 0.0776 e. The number of rotatable bonds is 2. The molecule has 0 N–H and O–H groups in total. The predicted molar refractivity (Wildman–Crippen MR) is 100 cm³/mol. The zero-order valence-corrected chi connectivity index (χ0v) is 11.9. The van der Waals surface area contributed by atoms with Gasteiger partial charge in [-0.15, -0.1) is 0 Å². The molecule has 0 nitrogen and oxygen atoms in total. The van der Waals surface area contributed by atoms with Gasteiger partial charge in [0.1, 0.15) is 0 Å². The van der Waals surface area contributed by atoms with Crippen molar-refractivity contribution in [1.82, 2.24) is 0 Å². The molecular weight excluding hydrogens is 264 g/mol. The Labute approximate surface area is 135 Å². The lowest BCUT2D eigenvalue weighted by atomic mass is 9.96. The van der Waals surface area contributed by atoms with Gasteiger partial charge in [0.25, 0.3) is 0 Å². The molecular formula is C22H26. The molecule has 0 amide bonds. The Morgan fingerprint density at radius 1 is 0.455 bits per heavy atom. The zero-order chi connectivity index (χ0) is 13.9. The first-order chi connectivity index (χ1) is 9.72. The monoisotopic (exact) mass is 290 g/mol. The number of hydrogen-bond acceptors (Lipinski definition) is 0. The van der Waals surface area contributed by atoms with Crippen molar-refractivity contribution in [2.75, 3.05) is 0 Å². The summed E-state index contributed by atoms with van der Waals surface area (Å²) in [7, 11) is 0. The highest BCUT2D eigenvalue weighted by Gasteiger charge is 2.03. The first-order valence-corrected chi connectivity index (χ1v) is 6.96. The van der Waals surface area contributed by atoms with Crippen LogP contribution in [0, 0.1) is 13.8 Å². The Morgan fingerprint density at radius 3 is 1.50 bits per heavy atom. The quantitative estimate of drug-likeness (QED) is 0.481. The average Bonchev–Trinajstić information content (AvgIpc) is 2.48. The first-order valence-electron chi connectivity index (χ1n) is 6.96. The second kappa shape index (κ2) is 7.61. The Kier molecular flexibility index (Phi) is 6.12. The summed E-state index contributed by atoms with van der Waals surface area (Å²) >= 11 is 0. The Hall–Kier alpha value is -2.34. The topological polar surface area (TPSA) is 0 Å². The number of hydrogen-bond donors (Lipinski definition) is 0. The SMILES string of the molecule is C.C.Cc1ccc(-c2cc(C)cc(-c3ccccc3)c2)cc1. The molecule has 3 rings (SSSR count). The maximum Gasteiger partial charge on any atom is -0.0175 e. The molecule has 0 aliphatic carbocycles. The van der Waals surface area contributed by atoms with Crippen LogP contribution in [0.25, 0.3) is 22.3 Å². The van der Waals surface area contributed by atoms with Gasteiger partial charge in [-0.05, 0) is 47.7 Å². The van der Waals surface area contributed by atoms with Crippen LogP contribution in [0.15, 0.2) is 72.8 Å². The molecule has 22 heavy (non-hydrogen) atoms. The van der Waals surface area contributed by atoms with Gasteiger partial charge in [0.2, 0.25) is 0 Å². The molecule has 0 aliphatic rings. The summed E-state index contributed by atoms with van der Waals surface area (Å²) in [5.74, 6) is 0. The van der Waals surface area contributed by atoms with E-state index in [4.69, 9.17) is 0 Å². The normalized spacial score (nSPS) is 9.55. The van der Waals surface area contributed by atoms with Gasteiger partial charge < -0.3 is 0 Å². The minimum Gasteiger partial charge on any atom is -0.0776 e. The fraction of sp³-hybridized carbons (Fsp3) is 0.182. The van der Waals surface area contributed by atoms with Gasteiger partial charge in [0, 0.05) is 0 Å². The molecule has 0 saturated heterocycles. The van der Waals surface area contributed by atoms with Gasteiger partial charge in [-0.2, -0.15) is 0 Å². The maximum absolute atomic E-state index is 2.27. The lowest BCUT2D eigenvalue weighted by Gasteiger charge is -2.09. The summed E-state index contributed by atoms with van der Waals surface area (Å²) in [5.41, 5.74) is 7.69. The van der Waals surface area contributed by atoms with Crippen LogP contribution < -0.4 is 0 Å². The van der Waals surface area contributed by atoms with E-state index < -0.39 is 0 Å². The molecule has 3 aromatic rings. The summed E-state index contributed by atoms with van der Waals surface area (Å²) in [5, 5.41) is 0. The molecule has 0 spiro atoms. The van der Waals surface area contributed by atoms with Crippen LogP contribution in [0.3, 0.4) is 0 Å². The molecule has 0 saturated carbocycles. The number of benzene rings is 3. The molecule has 0 heterocycles. The van der Waals surface area contributed by atoms with E-state index in [0.29, 0.717) is 0 Å².